The largest absolute Gasteiger partial charge is 0.452 e. The zero-order chi connectivity index (χ0) is 21.1. The van der Waals surface area contributed by atoms with E-state index in [0.29, 0.717) is 17.1 Å². The minimum Gasteiger partial charge on any atom is -0.452 e. The Hall–Kier alpha value is -3.19. The molecule has 2 aromatic carbocycles. The molecule has 0 radical (unpaired) electrons. The van der Waals surface area contributed by atoms with Gasteiger partial charge in [-0.25, -0.2) is 4.79 Å². The molecule has 2 aromatic rings. The summed E-state index contributed by atoms with van der Waals surface area (Å²) in [5, 5.41) is 2.90. The number of hydrogen-bond donors (Lipinski definition) is 1. The third kappa shape index (κ3) is 4.14. The van der Waals surface area contributed by atoms with E-state index < -0.39 is 24.4 Å². The first-order valence-corrected chi connectivity index (χ1v) is 9.44. The second kappa shape index (κ2) is 8.45. The quantitative estimate of drug-likeness (QED) is 0.576. The Kier molecular flexibility index (Phi) is 5.98. The van der Waals surface area contributed by atoms with E-state index in [9.17, 15) is 19.2 Å². The molecule has 150 valence electrons. The van der Waals surface area contributed by atoms with Gasteiger partial charge in [0.25, 0.3) is 17.7 Å². The van der Waals surface area contributed by atoms with Crippen LogP contribution in [0, 0.1) is 0 Å². The number of halogens is 1. The maximum Gasteiger partial charge on any atom is 0.338 e. The number of carbonyl (C=O) groups excluding carboxylic acids is 4. The molecule has 1 aliphatic heterocycles. The van der Waals surface area contributed by atoms with Crippen LogP contribution in [-0.4, -0.2) is 41.2 Å². The average molecular weight is 415 g/mol. The Morgan fingerprint density at radius 2 is 1.79 bits per heavy atom. The summed E-state index contributed by atoms with van der Waals surface area (Å²) in [4.78, 5) is 50.5. The number of hydrogen-bond acceptors (Lipinski definition) is 5. The fourth-order valence-electron chi connectivity index (χ4n) is 2.93. The number of nitrogens with one attached hydrogen (secondary N) is 1. The monoisotopic (exact) mass is 414 g/mol. The molecular weight excluding hydrogens is 396 g/mol. The van der Waals surface area contributed by atoms with Crippen molar-refractivity contribution in [2.75, 3.05) is 11.9 Å². The van der Waals surface area contributed by atoms with Crippen molar-refractivity contribution < 1.29 is 23.9 Å². The van der Waals surface area contributed by atoms with Gasteiger partial charge < -0.3 is 10.1 Å². The smallest absolute Gasteiger partial charge is 0.338 e. The van der Waals surface area contributed by atoms with Crippen LogP contribution in [0.4, 0.5) is 5.69 Å². The van der Waals surface area contributed by atoms with Crippen molar-refractivity contribution in [2.24, 2.45) is 0 Å². The van der Waals surface area contributed by atoms with E-state index in [1.165, 1.54) is 23.1 Å². The number of carbonyl (C=O) groups is 4. The van der Waals surface area contributed by atoms with Crippen LogP contribution < -0.4 is 5.32 Å². The molecule has 8 heteroatoms. The van der Waals surface area contributed by atoms with Crippen LogP contribution >= 0.6 is 11.6 Å². The zero-order valence-corrected chi connectivity index (χ0v) is 16.7. The molecule has 0 saturated carbocycles. The lowest BCUT2D eigenvalue weighted by atomic mass is 10.1. The molecule has 0 unspecified atom stereocenters. The molecular formula is C21H19ClN2O5. The molecule has 0 bridgehead atoms. The third-order valence-corrected chi connectivity index (χ3v) is 5.00. The standard InChI is InChI=1S/C21H19ClN2O5/c1-3-12(2)24-19(26)14-9-8-13(10-15(14)20(24)27)21(28)29-11-18(25)23-17-7-5-4-6-16(17)22/h4-10,12H,3,11H2,1-2H3,(H,23,25)/t12-/m0/s1. The second-order valence-electron chi connectivity index (χ2n) is 6.60. The first-order chi connectivity index (χ1) is 13.8. The maximum atomic E-state index is 12.6. The summed E-state index contributed by atoms with van der Waals surface area (Å²) in [6, 6.07) is 10.6. The van der Waals surface area contributed by atoms with E-state index in [4.69, 9.17) is 16.3 Å². The summed E-state index contributed by atoms with van der Waals surface area (Å²) in [7, 11) is 0. The zero-order valence-electron chi connectivity index (χ0n) is 15.9. The van der Waals surface area contributed by atoms with E-state index in [1.54, 1.807) is 31.2 Å². The highest BCUT2D eigenvalue weighted by atomic mass is 35.5. The van der Waals surface area contributed by atoms with Gasteiger partial charge in [-0.05, 0) is 43.7 Å². The number of amides is 3. The highest BCUT2D eigenvalue weighted by Crippen LogP contribution is 2.27. The summed E-state index contributed by atoms with van der Waals surface area (Å²) in [6.45, 7) is 3.14. The molecule has 29 heavy (non-hydrogen) atoms. The van der Waals surface area contributed by atoms with Crippen molar-refractivity contribution in [3.63, 3.8) is 0 Å². The molecule has 0 fully saturated rings. The molecule has 1 N–H and O–H groups in total. The van der Waals surface area contributed by atoms with Gasteiger partial charge in [-0.3, -0.25) is 19.3 Å². The highest BCUT2D eigenvalue weighted by molar-refractivity contribution is 6.33. The second-order valence-corrected chi connectivity index (χ2v) is 7.01. The number of fused-ring (bicyclic) bond motifs is 1. The molecule has 7 nitrogen and oxygen atoms in total. The summed E-state index contributed by atoms with van der Waals surface area (Å²) >= 11 is 5.97. The van der Waals surface area contributed by atoms with Crippen LogP contribution in [0.2, 0.25) is 5.02 Å². The topological polar surface area (TPSA) is 92.8 Å². The molecule has 1 atom stereocenters. The summed E-state index contributed by atoms with van der Waals surface area (Å²) in [6.07, 6.45) is 0.626. The lowest BCUT2D eigenvalue weighted by molar-refractivity contribution is -0.119. The Morgan fingerprint density at radius 1 is 1.10 bits per heavy atom. The summed E-state index contributed by atoms with van der Waals surface area (Å²) in [5.41, 5.74) is 0.900. The van der Waals surface area contributed by atoms with Crippen molar-refractivity contribution in [3.8, 4) is 0 Å². The Morgan fingerprint density at radius 3 is 2.48 bits per heavy atom. The van der Waals surface area contributed by atoms with Gasteiger partial charge in [0, 0.05) is 6.04 Å². The van der Waals surface area contributed by atoms with Gasteiger partial charge in [0.15, 0.2) is 6.61 Å². The van der Waals surface area contributed by atoms with E-state index in [2.05, 4.69) is 5.32 Å². The number of benzene rings is 2. The van der Waals surface area contributed by atoms with Crippen LogP contribution in [0.3, 0.4) is 0 Å². The van der Waals surface area contributed by atoms with Crippen molar-refractivity contribution in [3.05, 3.63) is 64.2 Å². The average Bonchev–Trinajstić information content (AvgIpc) is 2.97. The van der Waals surface area contributed by atoms with Gasteiger partial charge in [-0.15, -0.1) is 0 Å². The van der Waals surface area contributed by atoms with Gasteiger partial charge >= 0.3 is 5.97 Å². The number of anilines is 1. The fourth-order valence-corrected chi connectivity index (χ4v) is 3.12. The molecule has 1 heterocycles. The minimum absolute atomic E-state index is 0.0847. The molecule has 0 aliphatic carbocycles. The highest BCUT2D eigenvalue weighted by Gasteiger charge is 2.38. The third-order valence-electron chi connectivity index (χ3n) is 4.67. The minimum atomic E-state index is -0.774. The first-order valence-electron chi connectivity index (χ1n) is 9.07. The lowest BCUT2D eigenvalue weighted by Crippen LogP contribution is -2.37. The number of para-hydroxylation sites is 1. The molecule has 0 spiro atoms. The Balaban J connectivity index is 1.67. The number of rotatable bonds is 6. The van der Waals surface area contributed by atoms with Gasteiger partial charge in [0.2, 0.25) is 0 Å². The summed E-state index contributed by atoms with van der Waals surface area (Å²) in [5.74, 6) is -2.14. The fraction of sp³-hybridized carbons (Fsp3) is 0.238. The number of nitrogens with zero attached hydrogens (tertiary/aromatic N) is 1. The van der Waals surface area contributed by atoms with Gasteiger partial charge in [-0.2, -0.15) is 0 Å². The molecule has 3 rings (SSSR count). The van der Waals surface area contributed by atoms with Gasteiger partial charge in [-0.1, -0.05) is 30.7 Å². The lowest BCUT2D eigenvalue weighted by Gasteiger charge is -2.20. The number of esters is 1. The van der Waals surface area contributed by atoms with Crippen LogP contribution in [-0.2, 0) is 9.53 Å². The predicted molar refractivity (Wildman–Crippen MR) is 107 cm³/mol. The SMILES string of the molecule is CC[C@H](C)N1C(=O)c2ccc(C(=O)OCC(=O)Nc3ccccc3Cl)cc2C1=O. The maximum absolute atomic E-state index is 12.6. The van der Waals surface area contributed by atoms with Gasteiger partial charge in [0.1, 0.15) is 0 Å². The predicted octanol–water partition coefficient (Wildman–Crippen LogP) is 3.53. The normalized spacial score (nSPS) is 13.8. The van der Waals surface area contributed by atoms with Crippen molar-refractivity contribution >= 4 is 41.0 Å². The first kappa shape index (κ1) is 20.5. The molecule has 1 aliphatic rings. The van der Waals surface area contributed by atoms with E-state index in [-0.39, 0.29) is 28.6 Å². The van der Waals surface area contributed by atoms with Crippen molar-refractivity contribution in [1.29, 1.82) is 0 Å². The van der Waals surface area contributed by atoms with Crippen molar-refractivity contribution in [2.45, 2.75) is 26.3 Å². The Labute approximate surface area is 172 Å². The Bertz CT molecular complexity index is 1000. The number of imide groups is 1. The van der Waals surface area contributed by atoms with Crippen molar-refractivity contribution in [1.82, 2.24) is 4.90 Å². The molecule has 3 amide bonds. The van der Waals surface area contributed by atoms with Crippen LogP contribution in [0.5, 0.6) is 0 Å². The molecule has 0 saturated heterocycles. The van der Waals surface area contributed by atoms with Gasteiger partial charge in [0.05, 0.1) is 27.4 Å². The number of ether oxygens (including phenoxy) is 1. The van der Waals surface area contributed by atoms with E-state index >= 15 is 0 Å². The van der Waals surface area contributed by atoms with Crippen LogP contribution in [0.25, 0.3) is 0 Å². The molecule has 0 aromatic heterocycles. The van der Waals surface area contributed by atoms with E-state index in [0.717, 1.165) is 0 Å². The summed E-state index contributed by atoms with van der Waals surface area (Å²) < 4.78 is 5.02. The van der Waals surface area contributed by atoms with Crippen LogP contribution in [0.15, 0.2) is 42.5 Å². The van der Waals surface area contributed by atoms with Crippen LogP contribution in [0.1, 0.15) is 51.3 Å². The van der Waals surface area contributed by atoms with E-state index in [1.807, 2.05) is 6.92 Å².